The molecule has 1 saturated carbocycles. The Hall–Kier alpha value is -2.18. The third-order valence-electron chi connectivity index (χ3n) is 5.26. The molecule has 2 aromatic heterocycles. The molecule has 134 valence electrons. The molecular weight excluding hydrogens is 316 g/mol. The number of aromatic amines is 1. The van der Waals surface area contributed by atoms with Gasteiger partial charge in [0, 0.05) is 43.6 Å². The molecule has 0 unspecified atom stereocenters. The van der Waals surface area contributed by atoms with E-state index in [-0.39, 0.29) is 11.8 Å². The highest BCUT2D eigenvalue weighted by molar-refractivity contribution is 5.76. The molecule has 25 heavy (non-hydrogen) atoms. The van der Waals surface area contributed by atoms with E-state index in [4.69, 9.17) is 0 Å². The lowest BCUT2D eigenvalue weighted by atomic mass is 9.97. The van der Waals surface area contributed by atoms with Gasteiger partial charge in [-0.15, -0.1) is 0 Å². The second kappa shape index (κ2) is 6.61. The van der Waals surface area contributed by atoms with E-state index >= 15 is 0 Å². The molecule has 3 heterocycles. The van der Waals surface area contributed by atoms with Crippen molar-refractivity contribution in [3.05, 3.63) is 29.1 Å². The van der Waals surface area contributed by atoms with Crippen LogP contribution < -0.4 is 0 Å². The van der Waals surface area contributed by atoms with Gasteiger partial charge in [0.05, 0.1) is 5.69 Å². The molecule has 0 aromatic carbocycles. The van der Waals surface area contributed by atoms with Gasteiger partial charge >= 0.3 is 0 Å². The first-order valence-corrected chi connectivity index (χ1v) is 9.31. The number of carbonyl (C=O) groups is 1. The van der Waals surface area contributed by atoms with Gasteiger partial charge in [-0.2, -0.15) is 10.2 Å². The molecule has 7 nitrogen and oxygen atoms in total. The first-order chi connectivity index (χ1) is 12.1. The summed E-state index contributed by atoms with van der Waals surface area (Å²) < 4.78 is 1.92. The minimum absolute atomic E-state index is 0.204. The van der Waals surface area contributed by atoms with E-state index in [2.05, 4.69) is 20.3 Å². The largest absolute Gasteiger partial charge is 0.342 e. The number of amides is 1. The lowest BCUT2D eigenvalue weighted by molar-refractivity contribution is -0.132. The maximum absolute atomic E-state index is 12.6. The Labute approximate surface area is 147 Å². The summed E-state index contributed by atoms with van der Waals surface area (Å²) in [5, 5.41) is 11.9. The monoisotopic (exact) mass is 342 g/mol. The molecule has 1 aliphatic carbocycles. The Balaban J connectivity index is 1.35. The predicted octanol–water partition coefficient (Wildman–Crippen LogP) is 2.29. The molecule has 1 saturated heterocycles. The standard InChI is InChI=1S/C18H26N6O/c1-12-10-13(2)24(22-12)9-7-16(25)23-8-3-4-15(11-23)18-19-17(20-21-18)14-5-6-14/h10,14-15H,3-9,11H2,1-2H3,(H,19,20,21)/t15-/m0/s1. The number of H-pyrrole nitrogens is 1. The zero-order chi connectivity index (χ0) is 17.4. The van der Waals surface area contributed by atoms with Crippen molar-refractivity contribution in [3.63, 3.8) is 0 Å². The molecule has 1 aliphatic heterocycles. The molecule has 1 amide bonds. The van der Waals surface area contributed by atoms with Crippen molar-refractivity contribution in [1.82, 2.24) is 29.9 Å². The number of nitrogens with zero attached hydrogens (tertiary/aromatic N) is 5. The molecule has 2 aliphatic rings. The van der Waals surface area contributed by atoms with Crippen molar-refractivity contribution in [1.29, 1.82) is 0 Å². The summed E-state index contributed by atoms with van der Waals surface area (Å²) in [5.41, 5.74) is 2.11. The third-order valence-corrected chi connectivity index (χ3v) is 5.26. The van der Waals surface area contributed by atoms with E-state index in [9.17, 15) is 4.79 Å². The number of aryl methyl sites for hydroxylation is 3. The minimum atomic E-state index is 0.204. The van der Waals surface area contributed by atoms with Crippen LogP contribution in [-0.4, -0.2) is 48.9 Å². The zero-order valence-electron chi connectivity index (χ0n) is 15.0. The first-order valence-electron chi connectivity index (χ1n) is 9.31. The number of piperidine rings is 1. The maximum Gasteiger partial charge on any atom is 0.224 e. The highest BCUT2D eigenvalue weighted by atomic mass is 16.2. The Morgan fingerprint density at radius 1 is 1.28 bits per heavy atom. The summed E-state index contributed by atoms with van der Waals surface area (Å²) in [4.78, 5) is 19.3. The molecular formula is C18H26N6O. The number of rotatable bonds is 5. The average Bonchev–Trinajstić information content (AvgIpc) is 3.25. The molecule has 2 aromatic rings. The molecule has 4 rings (SSSR count). The molecule has 0 radical (unpaired) electrons. The van der Waals surface area contributed by atoms with Crippen LogP contribution in [0.3, 0.4) is 0 Å². The van der Waals surface area contributed by atoms with Crippen LogP contribution in [-0.2, 0) is 11.3 Å². The van der Waals surface area contributed by atoms with Crippen molar-refractivity contribution in [3.8, 4) is 0 Å². The smallest absolute Gasteiger partial charge is 0.224 e. The fraction of sp³-hybridized carbons (Fsp3) is 0.667. The molecule has 0 bridgehead atoms. The topological polar surface area (TPSA) is 79.7 Å². The first kappa shape index (κ1) is 16.3. The second-order valence-corrected chi connectivity index (χ2v) is 7.43. The number of aromatic nitrogens is 5. The van der Waals surface area contributed by atoms with Crippen LogP contribution in [0.5, 0.6) is 0 Å². The van der Waals surface area contributed by atoms with Crippen molar-refractivity contribution in [2.24, 2.45) is 0 Å². The normalized spacial score (nSPS) is 20.9. The fourth-order valence-corrected chi connectivity index (χ4v) is 3.69. The third kappa shape index (κ3) is 3.60. The van der Waals surface area contributed by atoms with Gasteiger partial charge in [0.2, 0.25) is 5.91 Å². The molecule has 1 atom stereocenters. The summed E-state index contributed by atoms with van der Waals surface area (Å²) in [6.07, 6.45) is 5.01. The van der Waals surface area contributed by atoms with Gasteiger partial charge in [0.1, 0.15) is 5.82 Å². The lowest BCUT2D eigenvalue weighted by Crippen LogP contribution is -2.39. The second-order valence-electron chi connectivity index (χ2n) is 7.43. The Morgan fingerprint density at radius 2 is 2.12 bits per heavy atom. The number of hydrogen-bond acceptors (Lipinski definition) is 4. The summed E-state index contributed by atoms with van der Waals surface area (Å²) in [5.74, 6) is 2.97. The quantitative estimate of drug-likeness (QED) is 0.904. The SMILES string of the molecule is Cc1cc(C)n(CCC(=O)N2CCC[C@H](c3n[nH]c(C4CC4)n3)C2)n1. The number of carbonyl (C=O) groups excluding carboxylic acids is 1. The van der Waals surface area contributed by atoms with Gasteiger partial charge in [-0.1, -0.05) is 0 Å². The van der Waals surface area contributed by atoms with Gasteiger partial charge in [-0.05, 0) is 45.6 Å². The van der Waals surface area contributed by atoms with Gasteiger partial charge < -0.3 is 4.90 Å². The van der Waals surface area contributed by atoms with Crippen LogP contribution in [0, 0.1) is 13.8 Å². The van der Waals surface area contributed by atoms with Crippen LogP contribution >= 0.6 is 0 Å². The van der Waals surface area contributed by atoms with Crippen LogP contribution in [0.25, 0.3) is 0 Å². The molecule has 7 heteroatoms. The molecule has 1 N–H and O–H groups in total. The van der Waals surface area contributed by atoms with Crippen molar-refractivity contribution in [2.45, 2.75) is 64.3 Å². The highest BCUT2D eigenvalue weighted by Gasteiger charge is 2.31. The van der Waals surface area contributed by atoms with E-state index in [1.807, 2.05) is 29.5 Å². The molecule has 0 spiro atoms. The highest BCUT2D eigenvalue weighted by Crippen LogP contribution is 2.38. The Bertz CT molecular complexity index is 759. The maximum atomic E-state index is 12.6. The predicted molar refractivity (Wildman–Crippen MR) is 93.2 cm³/mol. The van der Waals surface area contributed by atoms with Crippen molar-refractivity contribution in [2.75, 3.05) is 13.1 Å². The fourth-order valence-electron chi connectivity index (χ4n) is 3.69. The van der Waals surface area contributed by atoms with E-state index in [0.29, 0.717) is 18.9 Å². The van der Waals surface area contributed by atoms with E-state index in [1.165, 1.54) is 12.8 Å². The van der Waals surface area contributed by atoms with E-state index < -0.39 is 0 Å². The summed E-state index contributed by atoms with van der Waals surface area (Å²) in [6.45, 7) is 6.23. The van der Waals surface area contributed by atoms with Gasteiger partial charge in [0.25, 0.3) is 0 Å². The molecule has 2 fully saturated rings. The Morgan fingerprint density at radius 3 is 2.84 bits per heavy atom. The van der Waals surface area contributed by atoms with Crippen LogP contribution in [0.4, 0.5) is 0 Å². The van der Waals surface area contributed by atoms with Gasteiger partial charge in [-0.3, -0.25) is 14.6 Å². The van der Waals surface area contributed by atoms with Crippen molar-refractivity contribution >= 4 is 5.91 Å². The van der Waals surface area contributed by atoms with E-state index in [1.54, 1.807) is 0 Å². The summed E-state index contributed by atoms with van der Waals surface area (Å²) >= 11 is 0. The number of nitrogens with one attached hydrogen (secondary N) is 1. The lowest BCUT2D eigenvalue weighted by Gasteiger charge is -2.31. The van der Waals surface area contributed by atoms with Gasteiger partial charge in [0.15, 0.2) is 5.82 Å². The summed E-state index contributed by atoms with van der Waals surface area (Å²) in [7, 11) is 0. The number of hydrogen-bond donors (Lipinski definition) is 1. The van der Waals surface area contributed by atoms with Crippen LogP contribution in [0.2, 0.25) is 0 Å². The summed E-state index contributed by atoms with van der Waals surface area (Å²) in [6, 6.07) is 2.04. The van der Waals surface area contributed by atoms with Crippen molar-refractivity contribution < 1.29 is 4.79 Å². The zero-order valence-corrected chi connectivity index (χ0v) is 15.0. The average molecular weight is 342 g/mol. The minimum Gasteiger partial charge on any atom is -0.342 e. The van der Waals surface area contributed by atoms with Crippen LogP contribution in [0.15, 0.2) is 6.07 Å². The Kier molecular flexibility index (Phi) is 4.31. The van der Waals surface area contributed by atoms with Crippen LogP contribution in [0.1, 0.15) is 67.0 Å². The van der Waals surface area contributed by atoms with E-state index in [0.717, 1.165) is 49.0 Å². The van der Waals surface area contributed by atoms with Gasteiger partial charge in [-0.25, -0.2) is 4.98 Å². The number of likely N-dealkylation sites (tertiary alicyclic amines) is 1.